The molecule has 0 heterocycles. The summed E-state index contributed by atoms with van der Waals surface area (Å²) in [4.78, 5) is 13.5. The van der Waals surface area contributed by atoms with E-state index in [1.165, 1.54) is 25.7 Å². The third kappa shape index (κ3) is 10.3. The number of rotatable bonds is 19. The zero-order valence-corrected chi connectivity index (χ0v) is 21.3. The number of allylic oxidation sites excluding steroid dienone is 1. The van der Waals surface area contributed by atoms with Crippen LogP contribution in [0.5, 0.6) is 5.75 Å². The topological polar surface area (TPSA) is 63.2 Å². The predicted molar refractivity (Wildman–Crippen MR) is 131 cm³/mol. The maximum Gasteiger partial charge on any atom is 0.351 e. The molecule has 0 spiro atoms. The molecule has 0 N–H and O–H groups in total. The number of benzene rings is 1. The Balaban J connectivity index is 3.27. The highest BCUT2D eigenvalue weighted by Gasteiger charge is 2.46. The molecule has 0 unspecified atom stereocenters. The van der Waals surface area contributed by atoms with Crippen molar-refractivity contribution in [3.05, 3.63) is 41.7 Å². The van der Waals surface area contributed by atoms with Crippen LogP contribution in [0.2, 0.25) is 0 Å². The summed E-state index contributed by atoms with van der Waals surface area (Å²) in [5, 5.41) is 0. The SMILES string of the molecule is CCCCCCCCCC(OCC)=C(C(=O)Oc1ccccc1)C(OCC)(OCC)OCC. The van der Waals surface area contributed by atoms with E-state index in [1.807, 2.05) is 45.9 Å². The van der Waals surface area contributed by atoms with Gasteiger partial charge in [-0.05, 0) is 46.2 Å². The van der Waals surface area contributed by atoms with E-state index in [-0.39, 0.29) is 5.57 Å². The van der Waals surface area contributed by atoms with Crippen molar-refractivity contribution >= 4 is 5.97 Å². The summed E-state index contributed by atoms with van der Waals surface area (Å²) in [6.45, 7) is 10.9. The lowest BCUT2D eigenvalue weighted by molar-refractivity contribution is -0.352. The second-order valence-corrected chi connectivity index (χ2v) is 7.66. The molecule has 0 saturated heterocycles. The molecule has 0 aliphatic heterocycles. The molecule has 6 heteroatoms. The van der Waals surface area contributed by atoms with Crippen LogP contribution in [0.15, 0.2) is 41.7 Å². The third-order valence-corrected chi connectivity index (χ3v) is 5.07. The summed E-state index contributed by atoms with van der Waals surface area (Å²) in [5.41, 5.74) is 0.143. The molecule has 0 amide bonds. The summed E-state index contributed by atoms with van der Waals surface area (Å²) in [7, 11) is 0. The summed E-state index contributed by atoms with van der Waals surface area (Å²) < 4.78 is 29.5. The van der Waals surface area contributed by atoms with Gasteiger partial charge in [0.2, 0.25) is 0 Å². The molecule has 0 radical (unpaired) electrons. The molecular formula is C27H44O6. The average molecular weight is 465 g/mol. The van der Waals surface area contributed by atoms with Crippen LogP contribution >= 0.6 is 0 Å². The molecular weight excluding hydrogens is 420 g/mol. The van der Waals surface area contributed by atoms with Crippen LogP contribution < -0.4 is 4.74 Å². The molecule has 0 fully saturated rings. The first-order chi connectivity index (χ1) is 16.1. The van der Waals surface area contributed by atoms with Crippen molar-refractivity contribution in [3.63, 3.8) is 0 Å². The van der Waals surface area contributed by atoms with Crippen molar-refractivity contribution in [2.75, 3.05) is 26.4 Å². The number of hydrogen-bond donors (Lipinski definition) is 0. The van der Waals surface area contributed by atoms with E-state index in [4.69, 9.17) is 23.7 Å². The third-order valence-electron chi connectivity index (χ3n) is 5.07. The molecule has 188 valence electrons. The van der Waals surface area contributed by atoms with E-state index >= 15 is 0 Å². The van der Waals surface area contributed by atoms with Crippen LogP contribution in [-0.2, 0) is 23.7 Å². The highest BCUT2D eigenvalue weighted by atomic mass is 16.9. The highest BCUT2D eigenvalue weighted by molar-refractivity contribution is 5.92. The molecule has 0 aromatic heterocycles. The second-order valence-electron chi connectivity index (χ2n) is 7.66. The fourth-order valence-electron chi connectivity index (χ4n) is 3.65. The smallest absolute Gasteiger partial charge is 0.351 e. The largest absolute Gasteiger partial charge is 0.497 e. The van der Waals surface area contributed by atoms with Crippen molar-refractivity contribution in [2.24, 2.45) is 0 Å². The number of esters is 1. The monoisotopic (exact) mass is 464 g/mol. The second kappa shape index (κ2) is 17.6. The van der Waals surface area contributed by atoms with Crippen LogP contribution in [0.1, 0.15) is 86.0 Å². The molecule has 0 aliphatic carbocycles. The van der Waals surface area contributed by atoms with Crippen molar-refractivity contribution in [1.29, 1.82) is 0 Å². The molecule has 0 bridgehead atoms. The summed E-state index contributed by atoms with van der Waals surface area (Å²) in [6.07, 6.45) is 8.70. The lowest BCUT2D eigenvalue weighted by Gasteiger charge is -2.34. The van der Waals surface area contributed by atoms with Crippen LogP contribution in [0, 0.1) is 0 Å². The van der Waals surface area contributed by atoms with Crippen LogP contribution in [0.25, 0.3) is 0 Å². The van der Waals surface area contributed by atoms with Gasteiger partial charge in [0.15, 0.2) is 5.57 Å². The first kappa shape index (κ1) is 29.1. The lowest BCUT2D eigenvalue weighted by Crippen LogP contribution is -2.46. The average Bonchev–Trinajstić information content (AvgIpc) is 2.80. The Morgan fingerprint density at radius 3 is 1.79 bits per heavy atom. The van der Waals surface area contributed by atoms with Gasteiger partial charge in [0.25, 0.3) is 0 Å². The fourth-order valence-corrected chi connectivity index (χ4v) is 3.65. The number of unbranched alkanes of at least 4 members (excludes halogenated alkanes) is 6. The molecule has 6 nitrogen and oxygen atoms in total. The fraction of sp³-hybridized carbons (Fsp3) is 0.667. The minimum Gasteiger partial charge on any atom is -0.497 e. The minimum atomic E-state index is -1.68. The first-order valence-electron chi connectivity index (χ1n) is 12.6. The Morgan fingerprint density at radius 1 is 0.727 bits per heavy atom. The maximum absolute atomic E-state index is 13.5. The summed E-state index contributed by atoms with van der Waals surface area (Å²) in [6, 6.07) is 8.96. The number of carbonyl (C=O) groups is 1. The molecule has 0 saturated carbocycles. The van der Waals surface area contributed by atoms with Gasteiger partial charge in [0.1, 0.15) is 11.5 Å². The van der Waals surface area contributed by atoms with Gasteiger partial charge < -0.3 is 23.7 Å². The zero-order chi connectivity index (χ0) is 24.4. The van der Waals surface area contributed by atoms with Crippen molar-refractivity contribution in [1.82, 2.24) is 0 Å². The molecule has 0 atom stereocenters. The Labute approximate surface area is 200 Å². The number of carbonyl (C=O) groups excluding carboxylic acids is 1. The van der Waals surface area contributed by atoms with Gasteiger partial charge in [-0.1, -0.05) is 63.6 Å². The molecule has 1 aromatic carbocycles. The summed E-state index contributed by atoms with van der Waals surface area (Å²) in [5.74, 6) is -1.34. The molecule has 33 heavy (non-hydrogen) atoms. The van der Waals surface area contributed by atoms with Crippen molar-refractivity contribution in [2.45, 2.75) is 92.0 Å². The van der Waals surface area contributed by atoms with Gasteiger partial charge in [0.05, 0.1) is 6.61 Å². The molecule has 0 aliphatic rings. The van der Waals surface area contributed by atoms with Crippen LogP contribution in [0.3, 0.4) is 0 Å². The highest BCUT2D eigenvalue weighted by Crippen LogP contribution is 2.32. The van der Waals surface area contributed by atoms with E-state index in [0.29, 0.717) is 44.4 Å². The number of ether oxygens (including phenoxy) is 5. The Morgan fingerprint density at radius 2 is 1.27 bits per heavy atom. The Kier molecular flexibility index (Phi) is 15.5. The van der Waals surface area contributed by atoms with Gasteiger partial charge in [-0.3, -0.25) is 0 Å². The molecule has 1 aromatic rings. The standard InChI is InChI=1S/C27H44O6/c1-6-11-12-13-14-15-19-22-24(29-7-2)25(26(28)33-23-20-17-16-18-21-23)27(30-8-3,31-9-4)32-10-5/h16-18,20-21H,6-15,19,22H2,1-5H3. The number of hydrogen-bond acceptors (Lipinski definition) is 6. The number of para-hydroxylation sites is 1. The van der Waals surface area contributed by atoms with Gasteiger partial charge in [-0.25, -0.2) is 4.79 Å². The summed E-state index contributed by atoms with van der Waals surface area (Å²) >= 11 is 0. The van der Waals surface area contributed by atoms with Crippen LogP contribution in [0.4, 0.5) is 0 Å². The Hall–Kier alpha value is -1.89. The van der Waals surface area contributed by atoms with Gasteiger partial charge in [-0.15, -0.1) is 0 Å². The van der Waals surface area contributed by atoms with Crippen LogP contribution in [-0.4, -0.2) is 38.4 Å². The predicted octanol–water partition coefficient (Wildman–Crippen LogP) is 6.79. The molecule has 1 rings (SSSR count). The van der Waals surface area contributed by atoms with E-state index < -0.39 is 11.9 Å². The quantitative estimate of drug-likeness (QED) is 0.0561. The van der Waals surface area contributed by atoms with Crippen molar-refractivity contribution in [3.8, 4) is 5.75 Å². The van der Waals surface area contributed by atoms with Gasteiger partial charge in [-0.2, -0.15) is 0 Å². The zero-order valence-electron chi connectivity index (χ0n) is 21.3. The maximum atomic E-state index is 13.5. The van der Waals surface area contributed by atoms with E-state index in [9.17, 15) is 4.79 Å². The lowest BCUT2D eigenvalue weighted by atomic mass is 10.0. The van der Waals surface area contributed by atoms with E-state index in [0.717, 1.165) is 19.3 Å². The van der Waals surface area contributed by atoms with Crippen molar-refractivity contribution < 1.29 is 28.5 Å². The van der Waals surface area contributed by atoms with Gasteiger partial charge >= 0.3 is 11.9 Å². The van der Waals surface area contributed by atoms with E-state index in [2.05, 4.69) is 6.92 Å². The minimum absolute atomic E-state index is 0.143. The van der Waals surface area contributed by atoms with Gasteiger partial charge in [0, 0.05) is 26.2 Å². The Bertz CT molecular complexity index is 653. The normalized spacial score (nSPS) is 12.4. The van der Waals surface area contributed by atoms with E-state index in [1.54, 1.807) is 12.1 Å². The first-order valence-corrected chi connectivity index (χ1v) is 12.6.